The minimum atomic E-state index is -5.63. The molecule has 2 aromatic heterocycles. The van der Waals surface area contributed by atoms with Gasteiger partial charge < -0.3 is 14.8 Å². The van der Waals surface area contributed by atoms with E-state index in [0.717, 1.165) is 0 Å². The highest BCUT2D eigenvalue weighted by Gasteiger charge is 2.50. The van der Waals surface area contributed by atoms with Gasteiger partial charge in [0.1, 0.15) is 11.3 Å². The third-order valence-corrected chi connectivity index (χ3v) is 7.18. The number of sulfonamides is 1. The molecule has 37 heavy (non-hydrogen) atoms. The number of aryl methyl sites for hydroxylation is 1. The molecular formula is C22H24F5N5O4S. The van der Waals surface area contributed by atoms with E-state index in [4.69, 9.17) is 4.42 Å². The van der Waals surface area contributed by atoms with Crippen LogP contribution in [0, 0.1) is 6.92 Å². The average Bonchev–Trinajstić information content (AvgIpc) is 3.19. The van der Waals surface area contributed by atoms with E-state index in [1.54, 1.807) is 38.5 Å². The molecule has 2 heterocycles. The largest absolute Gasteiger partial charge is 0.516 e. The number of pyridine rings is 1. The molecule has 9 nitrogen and oxygen atoms in total. The summed E-state index contributed by atoms with van der Waals surface area (Å²) in [6.45, 7) is 7.04. The highest BCUT2D eigenvalue weighted by atomic mass is 32.2. The number of aliphatic hydroxyl groups is 1. The SMILES string of the molecule is Cc1cc(-c2nnc(NC3CC(O)(C(F)F)C3)o2)nc2c(C(C)(C)C)cc(NS(=O)(=O)C(F)(F)F)cc12. The molecule has 0 atom stereocenters. The van der Waals surface area contributed by atoms with Crippen LogP contribution < -0.4 is 10.0 Å². The maximum absolute atomic E-state index is 12.9. The zero-order chi connectivity index (χ0) is 27.6. The van der Waals surface area contributed by atoms with E-state index < -0.39 is 39.0 Å². The maximum atomic E-state index is 12.9. The Morgan fingerprint density at radius 3 is 2.35 bits per heavy atom. The Labute approximate surface area is 208 Å². The maximum Gasteiger partial charge on any atom is 0.516 e. The molecule has 1 saturated carbocycles. The molecule has 1 fully saturated rings. The lowest BCUT2D eigenvalue weighted by Gasteiger charge is -2.42. The van der Waals surface area contributed by atoms with Gasteiger partial charge in [0.2, 0.25) is 0 Å². The van der Waals surface area contributed by atoms with Crippen LogP contribution in [0.25, 0.3) is 22.5 Å². The van der Waals surface area contributed by atoms with Crippen molar-refractivity contribution in [1.29, 1.82) is 0 Å². The van der Waals surface area contributed by atoms with E-state index in [9.17, 15) is 35.5 Å². The third-order valence-electron chi connectivity index (χ3n) is 6.06. The smallest absolute Gasteiger partial charge is 0.402 e. The molecule has 0 spiro atoms. The van der Waals surface area contributed by atoms with Crippen molar-refractivity contribution < 1.29 is 39.9 Å². The summed E-state index contributed by atoms with van der Waals surface area (Å²) in [5.41, 5.74) is -6.79. The average molecular weight is 550 g/mol. The molecule has 1 aromatic carbocycles. The van der Waals surface area contributed by atoms with Gasteiger partial charge >= 0.3 is 21.5 Å². The molecule has 0 radical (unpaired) electrons. The number of halogens is 5. The van der Waals surface area contributed by atoms with Gasteiger partial charge in [0.25, 0.3) is 12.3 Å². The van der Waals surface area contributed by atoms with Crippen molar-refractivity contribution in [2.24, 2.45) is 0 Å². The number of fused-ring (bicyclic) bond motifs is 1. The fraction of sp³-hybridized carbons (Fsp3) is 0.500. The molecule has 3 aromatic rings. The molecule has 0 unspecified atom stereocenters. The molecule has 0 saturated heterocycles. The Morgan fingerprint density at radius 1 is 1.14 bits per heavy atom. The Morgan fingerprint density at radius 2 is 1.78 bits per heavy atom. The molecule has 1 aliphatic rings. The monoisotopic (exact) mass is 549 g/mol. The van der Waals surface area contributed by atoms with Gasteiger partial charge in [0.15, 0.2) is 0 Å². The molecular weight excluding hydrogens is 525 g/mol. The van der Waals surface area contributed by atoms with Crippen molar-refractivity contribution in [3.8, 4) is 11.6 Å². The Balaban J connectivity index is 1.69. The zero-order valence-corrected chi connectivity index (χ0v) is 20.9. The summed E-state index contributed by atoms with van der Waals surface area (Å²) in [4.78, 5) is 4.57. The van der Waals surface area contributed by atoms with Crippen LogP contribution in [0.1, 0.15) is 44.7 Å². The zero-order valence-electron chi connectivity index (χ0n) is 20.1. The van der Waals surface area contributed by atoms with E-state index in [1.807, 2.05) is 0 Å². The van der Waals surface area contributed by atoms with Gasteiger partial charge in [-0.05, 0) is 41.7 Å². The number of hydrogen-bond donors (Lipinski definition) is 3. The summed E-state index contributed by atoms with van der Waals surface area (Å²) in [5.74, 6) is -0.00217. The van der Waals surface area contributed by atoms with Gasteiger partial charge in [-0.25, -0.2) is 13.8 Å². The quantitative estimate of drug-likeness (QED) is 0.377. The standard InChI is InChI=1S/C22H24F5N5O4S/c1-10-5-15(17-30-31-19(36-17)28-12-8-21(33,9-12)18(23)24)29-16-13(10)6-11(7-14(16)20(2,3)4)32-37(34,35)22(25,26)27/h5-7,12,18,32-33H,8-9H2,1-4H3,(H,28,31). The predicted octanol–water partition coefficient (Wildman–Crippen LogP) is 4.72. The van der Waals surface area contributed by atoms with Crippen LogP contribution >= 0.6 is 0 Å². The highest BCUT2D eigenvalue weighted by Crippen LogP contribution is 2.40. The van der Waals surface area contributed by atoms with Gasteiger partial charge in [-0.15, -0.1) is 5.10 Å². The minimum absolute atomic E-state index is 0.00217. The lowest BCUT2D eigenvalue weighted by Crippen LogP contribution is -2.55. The van der Waals surface area contributed by atoms with Crippen molar-refractivity contribution in [1.82, 2.24) is 15.2 Å². The highest BCUT2D eigenvalue weighted by molar-refractivity contribution is 7.93. The number of alkyl halides is 5. The molecule has 0 bridgehead atoms. The van der Waals surface area contributed by atoms with E-state index in [0.29, 0.717) is 22.0 Å². The topological polar surface area (TPSA) is 130 Å². The normalized spacial score (nSPS) is 20.8. The number of nitrogens with zero attached hydrogens (tertiary/aromatic N) is 3. The Kier molecular flexibility index (Phi) is 6.38. The van der Waals surface area contributed by atoms with Gasteiger partial charge in [0, 0.05) is 30.0 Å². The number of benzene rings is 1. The van der Waals surface area contributed by atoms with Crippen molar-refractivity contribution in [3.05, 3.63) is 29.3 Å². The molecule has 0 amide bonds. The Bertz CT molecular complexity index is 1440. The summed E-state index contributed by atoms with van der Waals surface area (Å²) < 4.78 is 95.0. The van der Waals surface area contributed by atoms with Gasteiger partial charge in [-0.3, -0.25) is 4.72 Å². The number of rotatable bonds is 6. The third kappa shape index (κ3) is 5.19. The first-order chi connectivity index (χ1) is 16.9. The summed E-state index contributed by atoms with van der Waals surface area (Å²) in [6, 6.07) is 3.58. The minimum Gasteiger partial charge on any atom is -0.402 e. The fourth-order valence-electron chi connectivity index (χ4n) is 4.08. The number of hydrogen-bond acceptors (Lipinski definition) is 8. The second-order valence-electron chi connectivity index (χ2n) is 10.1. The van der Waals surface area contributed by atoms with Crippen LogP contribution in [-0.2, 0) is 15.4 Å². The fourth-order valence-corrected chi connectivity index (χ4v) is 4.62. The van der Waals surface area contributed by atoms with Crippen molar-refractivity contribution in [3.63, 3.8) is 0 Å². The van der Waals surface area contributed by atoms with E-state index in [1.165, 1.54) is 12.1 Å². The van der Waals surface area contributed by atoms with Crippen molar-refractivity contribution in [2.75, 3.05) is 10.0 Å². The second kappa shape index (κ2) is 8.75. The first-order valence-electron chi connectivity index (χ1n) is 11.1. The molecule has 1 aliphatic carbocycles. The molecule has 4 rings (SSSR count). The summed E-state index contributed by atoms with van der Waals surface area (Å²) >= 11 is 0. The summed E-state index contributed by atoms with van der Waals surface area (Å²) in [7, 11) is -5.63. The second-order valence-corrected chi connectivity index (χ2v) is 11.8. The number of aromatic nitrogens is 3. The van der Waals surface area contributed by atoms with Gasteiger partial charge in [-0.2, -0.15) is 21.6 Å². The molecule has 3 N–H and O–H groups in total. The van der Waals surface area contributed by atoms with E-state index in [-0.39, 0.29) is 36.1 Å². The lowest BCUT2D eigenvalue weighted by molar-refractivity contribution is -0.148. The van der Waals surface area contributed by atoms with Crippen LogP contribution in [-0.4, -0.2) is 52.3 Å². The van der Waals surface area contributed by atoms with Crippen LogP contribution in [0.15, 0.2) is 22.6 Å². The number of nitrogens with one attached hydrogen (secondary N) is 2. The van der Waals surface area contributed by atoms with Crippen LogP contribution in [0.5, 0.6) is 0 Å². The first kappa shape index (κ1) is 27.0. The van der Waals surface area contributed by atoms with E-state index in [2.05, 4.69) is 20.5 Å². The van der Waals surface area contributed by atoms with Crippen LogP contribution in [0.3, 0.4) is 0 Å². The lowest BCUT2D eigenvalue weighted by atomic mass is 9.76. The van der Waals surface area contributed by atoms with Crippen LogP contribution in [0.4, 0.5) is 33.7 Å². The molecule has 202 valence electrons. The predicted molar refractivity (Wildman–Crippen MR) is 125 cm³/mol. The summed E-state index contributed by atoms with van der Waals surface area (Å²) in [6.07, 6.45) is -3.24. The molecule has 0 aliphatic heterocycles. The van der Waals surface area contributed by atoms with Crippen molar-refractivity contribution >= 4 is 32.6 Å². The first-order valence-corrected chi connectivity index (χ1v) is 12.5. The van der Waals surface area contributed by atoms with Crippen molar-refractivity contribution in [2.45, 2.75) is 69.5 Å². The molecule has 15 heteroatoms. The van der Waals surface area contributed by atoms with E-state index >= 15 is 0 Å². The Hall–Kier alpha value is -3.07. The van der Waals surface area contributed by atoms with Gasteiger partial charge in [0.05, 0.1) is 5.52 Å². The van der Waals surface area contributed by atoms with Gasteiger partial charge in [-0.1, -0.05) is 25.9 Å². The van der Waals surface area contributed by atoms with Crippen LogP contribution in [0.2, 0.25) is 0 Å². The summed E-state index contributed by atoms with van der Waals surface area (Å²) in [5, 5.41) is 20.7. The number of anilines is 2.